The fourth-order valence-electron chi connectivity index (χ4n) is 2.80. The predicted octanol–water partition coefficient (Wildman–Crippen LogP) is 2.25. The molecule has 1 saturated heterocycles. The van der Waals surface area contributed by atoms with E-state index in [2.05, 4.69) is 15.5 Å². The second-order valence-electron chi connectivity index (χ2n) is 6.11. The van der Waals surface area contributed by atoms with Crippen LogP contribution in [0.25, 0.3) is 0 Å². The van der Waals surface area contributed by atoms with Gasteiger partial charge in [0, 0.05) is 12.6 Å². The van der Waals surface area contributed by atoms with E-state index in [0.717, 1.165) is 37.9 Å². The summed E-state index contributed by atoms with van der Waals surface area (Å²) in [4.78, 5) is 14.2. The maximum atomic E-state index is 13.5. The van der Waals surface area contributed by atoms with E-state index in [1.807, 2.05) is 13.1 Å². The zero-order chi connectivity index (χ0) is 15.9. The van der Waals surface area contributed by atoms with Gasteiger partial charge in [-0.2, -0.15) is 0 Å². The molecule has 1 fully saturated rings. The van der Waals surface area contributed by atoms with Gasteiger partial charge < -0.3 is 10.6 Å². The molecule has 1 aliphatic heterocycles. The minimum absolute atomic E-state index is 0. The van der Waals surface area contributed by atoms with Crippen LogP contribution in [0.2, 0.25) is 0 Å². The summed E-state index contributed by atoms with van der Waals surface area (Å²) in [6.45, 7) is 4.57. The van der Waals surface area contributed by atoms with Gasteiger partial charge in [0.1, 0.15) is 5.82 Å². The summed E-state index contributed by atoms with van der Waals surface area (Å²) >= 11 is 0. The number of nitrogens with one attached hydrogen (secondary N) is 2. The molecular weight excluding hydrogens is 317 g/mol. The van der Waals surface area contributed by atoms with Gasteiger partial charge in [-0.3, -0.25) is 9.69 Å². The molecule has 1 heterocycles. The minimum atomic E-state index is -0.227. The third-order valence-corrected chi connectivity index (χ3v) is 4.29. The molecule has 0 bridgehead atoms. The highest BCUT2D eigenvalue weighted by atomic mass is 35.5. The first-order valence-electron chi connectivity index (χ1n) is 7.99. The Bertz CT molecular complexity index is 505. The van der Waals surface area contributed by atoms with Crippen molar-refractivity contribution in [3.05, 3.63) is 35.1 Å². The standard InChI is InChI=1S/C17H26FN3O.ClH/c1-13-5-6-14(10-16(13)18)11-20-17(22)12-21(2)15-4-3-8-19-9-7-15;/h5-6,10,15,19H,3-4,7-9,11-12H2,1-2H3,(H,20,22);1H. The molecule has 6 heteroatoms. The third kappa shape index (κ3) is 6.45. The smallest absolute Gasteiger partial charge is 0.234 e. The van der Waals surface area contributed by atoms with Crippen molar-refractivity contribution in [1.29, 1.82) is 0 Å². The number of benzene rings is 1. The van der Waals surface area contributed by atoms with Crippen molar-refractivity contribution in [3.8, 4) is 0 Å². The summed E-state index contributed by atoms with van der Waals surface area (Å²) in [7, 11) is 2.00. The van der Waals surface area contributed by atoms with Crippen LogP contribution in [0.3, 0.4) is 0 Å². The van der Waals surface area contributed by atoms with Crippen molar-refractivity contribution in [2.45, 2.75) is 38.8 Å². The summed E-state index contributed by atoms with van der Waals surface area (Å²) in [5.74, 6) is -0.240. The van der Waals surface area contributed by atoms with E-state index >= 15 is 0 Å². The lowest BCUT2D eigenvalue weighted by molar-refractivity contribution is -0.122. The molecule has 1 aromatic rings. The molecule has 23 heavy (non-hydrogen) atoms. The monoisotopic (exact) mass is 343 g/mol. The molecule has 1 unspecified atom stereocenters. The van der Waals surface area contributed by atoms with Gasteiger partial charge in [-0.1, -0.05) is 12.1 Å². The lowest BCUT2D eigenvalue weighted by atomic mass is 10.1. The van der Waals surface area contributed by atoms with Gasteiger partial charge in [0.05, 0.1) is 6.54 Å². The van der Waals surface area contributed by atoms with E-state index in [4.69, 9.17) is 0 Å². The number of aryl methyl sites for hydroxylation is 1. The van der Waals surface area contributed by atoms with E-state index in [1.54, 1.807) is 13.0 Å². The number of amides is 1. The second-order valence-corrected chi connectivity index (χ2v) is 6.11. The van der Waals surface area contributed by atoms with Gasteiger partial charge in [0.2, 0.25) is 5.91 Å². The number of nitrogens with zero attached hydrogens (tertiary/aromatic N) is 1. The van der Waals surface area contributed by atoms with Gasteiger partial charge in [-0.25, -0.2) is 4.39 Å². The number of hydrogen-bond acceptors (Lipinski definition) is 3. The van der Waals surface area contributed by atoms with E-state index in [0.29, 0.717) is 24.7 Å². The number of carbonyl (C=O) groups is 1. The highest BCUT2D eigenvalue weighted by Gasteiger charge is 2.18. The van der Waals surface area contributed by atoms with E-state index < -0.39 is 0 Å². The first-order chi connectivity index (χ1) is 10.6. The number of rotatable bonds is 5. The molecule has 1 amide bonds. The average Bonchev–Trinajstić information content (AvgIpc) is 2.77. The van der Waals surface area contributed by atoms with Crippen LogP contribution < -0.4 is 10.6 Å². The molecule has 2 N–H and O–H groups in total. The lowest BCUT2D eigenvalue weighted by Gasteiger charge is -2.26. The van der Waals surface area contributed by atoms with Crippen molar-refractivity contribution < 1.29 is 9.18 Å². The highest BCUT2D eigenvalue weighted by molar-refractivity contribution is 5.85. The van der Waals surface area contributed by atoms with Crippen molar-refractivity contribution >= 4 is 18.3 Å². The number of halogens is 2. The fraction of sp³-hybridized carbons (Fsp3) is 0.588. The minimum Gasteiger partial charge on any atom is -0.351 e. The molecule has 1 aliphatic rings. The molecule has 0 aliphatic carbocycles. The van der Waals surface area contributed by atoms with Crippen LogP contribution in [0.15, 0.2) is 18.2 Å². The molecule has 0 saturated carbocycles. The molecule has 4 nitrogen and oxygen atoms in total. The van der Waals surface area contributed by atoms with Gasteiger partial charge in [-0.15, -0.1) is 12.4 Å². The van der Waals surface area contributed by atoms with Crippen LogP contribution in [0, 0.1) is 12.7 Å². The average molecular weight is 344 g/mol. The second kappa shape index (κ2) is 9.85. The van der Waals surface area contributed by atoms with Crippen LogP contribution in [-0.4, -0.2) is 43.5 Å². The number of hydrogen-bond donors (Lipinski definition) is 2. The van der Waals surface area contributed by atoms with Gasteiger partial charge in [-0.05, 0) is 63.5 Å². The Labute approximate surface area is 144 Å². The Morgan fingerprint density at radius 3 is 2.91 bits per heavy atom. The zero-order valence-electron chi connectivity index (χ0n) is 13.9. The van der Waals surface area contributed by atoms with E-state index in [1.165, 1.54) is 6.07 Å². The highest BCUT2D eigenvalue weighted by Crippen LogP contribution is 2.11. The van der Waals surface area contributed by atoms with Crippen molar-refractivity contribution in [3.63, 3.8) is 0 Å². The van der Waals surface area contributed by atoms with Crippen LogP contribution in [0.5, 0.6) is 0 Å². The molecule has 2 rings (SSSR count). The molecule has 1 atom stereocenters. The maximum absolute atomic E-state index is 13.5. The zero-order valence-corrected chi connectivity index (χ0v) is 14.7. The summed E-state index contributed by atoms with van der Waals surface area (Å²) in [6, 6.07) is 5.52. The van der Waals surface area contributed by atoms with Gasteiger partial charge >= 0.3 is 0 Å². The van der Waals surface area contributed by atoms with Crippen molar-refractivity contribution in [2.75, 3.05) is 26.7 Å². The van der Waals surface area contributed by atoms with Crippen LogP contribution in [-0.2, 0) is 11.3 Å². The first-order valence-corrected chi connectivity index (χ1v) is 7.99. The van der Waals surface area contributed by atoms with Crippen molar-refractivity contribution in [2.24, 2.45) is 0 Å². The Morgan fingerprint density at radius 1 is 1.39 bits per heavy atom. The summed E-state index contributed by atoms with van der Waals surface area (Å²) < 4.78 is 13.5. The number of likely N-dealkylation sites (N-methyl/N-ethyl adjacent to an activating group) is 1. The SMILES string of the molecule is Cc1ccc(CNC(=O)CN(C)C2CCCNCC2)cc1F.Cl. The van der Waals surface area contributed by atoms with Gasteiger partial charge in [0.25, 0.3) is 0 Å². The van der Waals surface area contributed by atoms with Crippen LogP contribution in [0.4, 0.5) is 4.39 Å². The Hall–Kier alpha value is -1.17. The largest absolute Gasteiger partial charge is 0.351 e. The quantitative estimate of drug-likeness (QED) is 0.862. The topological polar surface area (TPSA) is 44.4 Å². The summed E-state index contributed by atoms with van der Waals surface area (Å²) in [5.41, 5.74) is 1.41. The number of carbonyl (C=O) groups excluding carboxylic acids is 1. The molecule has 1 aromatic carbocycles. The molecule has 130 valence electrons. The normalized spacial score (nSPS) is 18.2. The van der Waals surface area contributed by atoms with Crippen LogP contribution in [0.1, 0.15) is 30.4 Å². The molecular formula is C17H27ClFN3O. The first kappa shape index (κ1) is 19.9. The van der Waals surface area contributed by atoms with Crippen LogP contribution >= 0.6 is 12.4 Å². The molecule has 0 aromatic heterocycles. The Kier molecular flexibility index (Phi) is 8.52. The Balaban J connectivity index is 0.00000264. The lowest BCUT2D eigenvalue weighted by Crippen LogP contribution is -2.40. The van der Waals surface area contributed by atoms with E-state index in [9.17, 15) is 9.18 Å². The molecule has 0 spiro atoms. The van der Waals surface area contributed by atoms with Gasteiger partial charge in [0.15, 0.2) is 0 Å². The van der Waals surface area contributed by atoms with Crippen molar-refractivity contribution in [1.82, 2.24) is 15.5 Å². The summed E-state index contributed by atoms with van der Waals surface area (Å²) in [5, 5.41) is 6.25. The fourth-order valence-corrected chi connectivity index (χ4v) is 2.80. The third-order valence-electron chi connectivity index (χ3n) is 4.29. The predicted molar refractivity (Wildman–Crippen MR) is 93.4 cm³/mol. The summed E-state index contributed by atoms with van der Waals surface area (Å²) in [6.07, 6.45) is 3.35. The Morgan fingerprint density at radius 2 is 2.17 bits per heavy atom. The van der Waals surface area contributed by atoms with E-state index in [-0.39, 0.29) is 24.1 Å². The molecule has 0 radical (unpaired) electrons. The maximum Gasteiger partial charge on any atom is 0.234 e.